The van der Waals surface area contributed by atoms with Gasteiger partial charge in [-0.1, -0.05) is 61.2 Å². The van der Waals surface area contributed by atoms with Crippen molar-refractivity contribution in [1.82, 2.24) is 9.13 Å². The molecule has 0 aliphatic heterocycles. The topological polar surface area (TPSA) is 64.2 Å². The number of aryl methyl sites for hydroxylation is 1. The first-order chi connectivity index (χ1) is 13.6. The Kier molecular flexibility index (Phi) is 9.50. The largest absolute Gasteiger partial charge is 0.481 e. The number of fused-ring (bicyclic) bond motifs is 1. The number of aromatic nitrogens is 2. The van der Waals surface area contributed by atoms with Crippen molar-refractivity contribution in [2.24, 2.45) is 0 Å². The maximum Gasteiger partial charge on any atom is 0.329 e. The number of unbranched alkanes of at least 4 members (excludes halogenated alkanes) is 4. The number of benzene rings is 2. The fraction of sp³-hybridized carbons (Fsp3) is 0.364. The number of hydrogen-bond donors (Lipinski definition) is 1. The average molecular weight is 424 g/mol. The number of nitrogens with zero attached hydrogens (tertiary/aromatic N) is 2. The van der Waals surface area contributed by atoms with Gasteiger partial charge in [-0.05, 0) is 36.6 Å². The SMILES string of the molecule is O=C(O)CCCCCCCn1c(=O)n(Cc2ccccc2Cl)c2ccccc21.[Na]. The molecule has 29 heavy (non-hydrogen) atoms. The molecule has 7 heteroatoms. The molecule has 0 fully saturated rings. The van der Waals surface area contributed by atoms with Gasteiger partial charge in [0.15, 0.2) is 0 Å². The second-order valence-corrected chi connectivity index (χ2v) is 7.42. The molecule has 0 unspecified atom stereocenters. The second-order valence-electron chi connectivity index (χ2n) is 7.01. The molecule has 2 aromatic carbocycles. The van der Waals surface area contributed by atoms with Crippen molar-refractivity contribution in [2.75, 3.05) is 0 Å². The van der Waals surface area contributed by atoms with Crippen molar-refractivity contribution in [3.05, 3.63) is 69.6 Å². The Morgan fingerprint density at radius 3 is 2.14 bits per heavy atom. The van der Waals surface area contributed by atoms with Crippen LogP contribution < -0.4 is 5.69 Å². The first-order valence-electron chi connectivity index (χ1n) is 9.71. The molecule has 0 amide bonds. The molecule has 0 saturated heterocycles. The van der Waals surface area contributed by atoms with E-state index >= 15 is 0 Å². The molecule has 3 rings (SSSR count). The van der Waals surface area contributed by atoms with E-state index in [1.54, 1.807) is 4.57 Å². The third-order valence-corrected chi connectivity index (χ3v) is 5.35. The summed E-state index contributed by atoms with van der Waals surface area (Å²) in [6.45, 7) is 1.11. The van der Waals surface area contributed by atoms with Crippen molar-refractivity contribution in [3.8, 4) is 0 Å². The van der Waals surface area contributed by atoms with Crippen molar-refractivity contribution >= 4 is 58.2 Å². The molecule has 0 aliphatic carbocycles. The van der Waals surface area contributed by atoms with Gasteiger partial charge in [0, 0.05) is 47.5 Å². The van der Waals surface area contributed by atoms with Gasteiger partial charge in [-0.15, -0.1) is 0 Å². The molecule has 1 radical (unpaired) electrons. The zero-order chi connectivity index (χ0) is 19.9. The van der Waals surface area contributed by atoms with Gasteiger partial charge in [0.2, 0.25) is 0 Å². The normalized spacial score (nSPS) is 10.8. The maximum absolute atomic E-state index is 13.1. The summed E-state index contributed by atoms with van der Waals surface area (Å²) in [5.41, 5.74) is 2.75. The third kappa shape index (κ3) is 6.22. The Balaban J connectivity index is 0.00000300. The minimum Gasteiger partial charge on any atom is -0.481 e. The molecule has 5 nitrogen and oxygen atoms in total. The third-order valence-electron chi connectivity index (χ3n) is 4.98. The van der Waals surface area contributed by atoms with Crippen molar-refractivity contribution in [3.63, 3.8) is 0 Å². The molecule has 0 aliphatic rings. The molecule has 0 spiro atoms. The van der Waals surface area contributed by atoms with Crippen molar-refractivity contribution < 1.29 is 9.90 Å². The molecule has 0 bridgehead atoms. The van der Waals surface area contributed by atoms with E-state index < -0.39 is 5.97 Å². The van der Waals surface area contributed by atoms with Crippen LogP contribution in [-0.2, 0) is 17.9 Å². The quantitative estimate of drug-likeness (QED) is 0.384. The smallest absolute Gasteiger partial charge is 0.329 e. The summed E-state index contributed by atoms with van der Waals surface area (Å²) in [6.07, 6.45) is 4.72. The number of hydrogen-bond acceptors (Lipinski definition) is 2. The predicted molar refractivity (Wildman–Crippen MR) is 118 cm³/mol. The van der Waals surface area contributed by atoms with Crippen molar-refractivity contribution in [2.45, 2.75) is 51.6 Å². The Morgan fingerprint density at radius 1 is 0.862 bits per heavy atom. The van der Waals surface area contributed by atoms with E-state index in [2.05, 4.69) is 0 Å². The molecule has 0 atom stereocenters. The predicted octanol–water partition coefficient (Wildman–Crippen LogP) is 4.55. The molecule has 3 aromatic rings. The van der Waals surface area contributed by atoms with Crippen molar-refractivity contribution in [1.29, 1.82) is 0 Å². The number of halogens is 1. The van der Waals surface area contributed by atoms with Crippen LogP contribution in [0, 0.1) is 0 Å². The average Bonchev–Trinajstić information content (AvgIpc) is 2.94. The fourth-order valence-electron chi connectivity index (χ4n) is 3.51. The number of carbonyl (C=O) groups is 1. The summed E-state index contributed by atoms with van der Waals surface area (Å²) in [5, 5.41) is 9.33. The number of rotatable bonds is 10. The van der Waals surface area contributed by atoms with Gasteiger partial charge in [-0.2, -0.15) is 0 Å². The van der Waals surface area contributed by atoms with Crippen LogP contribution in [0.5, 0.6) is 0 Å². The van der Waals surface area contributed by atoms with Crippen LogP contribution in [0.25, 0.3) is 11.0 Å². The van der Waals surface area contributed by atoms with E-state index in [1.165, 1.54) is 0 Å². The number of carboxylic acids is 1. The Labute approximate surface area is 197 Å². The van der Waals surface area contributed by atoms with Gasteiger partial charge in [-0.25, -0.2) is 4.79 Å². The minimum absolute atomic E-state index is 0. The molecule has 1 N–H and O–H groups in total. The number of imidazole rings is 1. The molecule has 1 aromatic heterocycles. The van der Waals surface area contributed by atoms with Crippen LogP contribution >= 0.6 is 11.6 Å². The Bertz CT molecular complexity index is 1010. The summed E-state index contributed by atoms with van der Waals surface area (Å²) in [4.78, 5) is 23.6. The maximum atomic E-state index is 13.1. The summed E-state index contributed by atoms with van der Waals surface area (Å²) in [6, 6.07) is 15.4. The summed E-state index contributed by atoms with van der Waals surface area (Å²) in [5.74, 6) is -0.738. The molecule has 1 heterocycles. The zero-order valence-electron chi connectivity index (χ0n) is 16.8. The van der Waals surface area contributed by atoms with Crippen LogP contribution in [0.3, 0.4) is 0 Å². The van der Waals surface area contributed by atoms with Gasteiger partial charge in [0.05, 0.1) is 17.6 Å². The van der Waals surface area contributed by atoms with Crippen LogP contribution in [0.4, 0.5) is 0 Å². The molecular weight excluding hydrogens is 399 g/mol. The summed E-state index contributed by atoms with van der Waals surface area (Å²) >= 11 is 6.29. The van der Waals surface area contributed by atoms with Gasteiger partial charge in [0.25, 0.3) is 0 Å². The van der Waals surface area contributed by atoms with E-state index in [9.17, 15) is 9.59 Å². The van der Waals surface area contributed by atoms with Crippen LogP contribution in [0.15, 0.2) is 53.3 Å². The first kappa shape index (κ1) is 23.7. The van der Waals surface area contributed by atoms with E-state index in [0.29, 0.717) is 24.5 Å². The van der Waals surface area contributed by atoms with E-state index in [0.717, 1.165) is 42.3 Å². The Hall–Kier alpha value is -1.53. The number of aliphatic carboxylic acids is 1. The monoisotopic (exact) mass is 423 g/mol. The van der Waals surface area contributed by atoms with E-state index in [-0.39, 0.29) is 41.7 Å². The summed E-state index contributed by atoms with van der Waals surface area (Å²) < 4.78 is 3.62. The van der Waals surface area contributed by atoms with Gasteiger partial charge in [-0.3, -0.25) is 13.9 Å². The first-order valence-corrected chi connectivity index (χ1v) is 10.1. The molecule has 149 valence electrons. The molecular formula is C22H25ClN2NaO3. The summed E-state index contributed by atoms with van der Waals surface area (Å²) in [7, 11) is 0. The van der Waals surface area contributed by atoms with Crippen LogP contribution in [0.2, 0.25) is 5.02 Å². The van der Waals surface area contributed by atoms with Crippen LogP contribution in [-0.4, -0.2) is 49.8 Å². The zero-order valence-corrected chi connectivity index (χ0v) is 19.6. The van der Waals surface area contributed by atoms with Gasteiger partial charge < -0.3 is 5.11 Å². The van der Waals surface area contributed by atoms with Gasteiger partial charge >= 0.3 is 11.7 Å². The van der Waals surface area contributed by atoms with Gasteiger partial charge in [0.1, 0.15) is 0 Å². The van der Waals surface area contributed by atoms with E-state index in [1.807, 2.05) is 53.1 Å². The molecule has 0 saturated carbocycles. The standard InChI is InChI=1S/C22H25ClN2O3.Na/c23-18-11-6-5-10-17(18)16-25-20-13-8-7-12-19(20)24(22(25)28)15-9-3-1-2-4-14-21(26)27;/h5-8,10-13H,1-4,9,14-16H2,(H,26,27);. The van der Waals surface area contributed by atoms with Crippen LogP contribution in [0.1, 0.15) is 44.1 Å². The Morgan fingerprint density at radius 2 is 1.45 bits per heavy atom. The number of para-hydroxylation sites is 2. The second kappa shape index (κ2) is 11.6. The fourth-order valence-corrected chi connectivity index (χ4v) is 3.71. The number of carboxylic acid groups (broad SMARTS) is 1. The minimum atomic E-state index is -0.738. The van der Waals surface area contributed by atoms with E-state index in [4.69, 9.17) is 16.7 Å².